The van der Waals surface area contributed by atoms with Crippen molar-refractivity contribution in [1.82, 2.24) is 0 Å². The van der Waals surface area contributed by atoms with E-state index in [1.165, 1.54) is 26.1 Å². The highest BCUT2D eigenvalue weighted by Crippen LogP contribution is 2.31. The first-order chi connectivity index (χ1) is 9.75. The van der Waals surface area contributed by atoms with Crippen LogP contribution in [0.2, 0.25) is 0 Å². The third-order valence-corrected chi connectivity index (χ3v) is 3.32. The first-order valence-corrected chi connectivity index (χ1v) is 7.71. The first-order valence-electron chi connectivity index (χ1n) is 5.81. The molecule has 0 radical (unpaired) electrons. The van der Waals surface area contributed by atoms with Crippen LogP contribution in [0.1, 0.15) is 20.8 Å². The van der Waals surface area contributed by atoms with Crippen molar-refractivity contribution in [3.63, 3.8) is 0 Å². The quantitative estimate of drug-likeness (QED) is 0.662. The molecule has 0 fully saturated rings. The molecule has 0 unspecified atom stereocenters. The highest BCUT2D eigenvalue weighted by atomic mass is 32.2. The molecule has 22 heavy (non-hydrogen) atoms. The average molecular weight is 343 g/mol. The number of carbonyl (C=O) groups is 1. The van der Waals surface area contributed by atoms with Crippen molar-refractivity contribution in [2.45, 2.75) is 31.3 Å². The Hall–Kier alpha value is -1.84. The number of anilines is 1. The van der Waals surface area contributed by atoms with Crippen LogP contribution in [0, 0.1) is 23.3 Å². The molecule has 0 saturated carbocycles. The van der Waals surface area contributed by atoms with Crippen LogP contribution in [0.15, 0.2) is 4.90 Å². The Labute approximate surface area is 124 Å². The summed E-state index contributed by atoms with van der Waals surface area (Å²) < 4.78 is 81.7. The Morgan fingerprint density at radius 1 is 1.00 bits per heavy atom. The standard InChI is InChI=1S/C12H13F4NO4S/c1-12(2,3)21-11(18)17-9-5(13)7(15)10(22(4,19)20)8(16)6(9)14/h1-4H3,(H,17,18). The SMILES string of the molecule is CC(C)(C)OC(=O)Nc1c(F)c(F)c(S(C)(=O)=O)c(F)c1F. The van der Waals surface area contributed by atoms with Crippen molar-refractivity contribution in [3.8, 4) is 0 Å². The van der Waals surface area contributed by atoms with Crippen LogP contribution in [0.3, 0.4) is 0 Å². The Kier molecular flexibility index (Phi) is 4.76. The summed E-state index contributed by atoms with van der Waals surface area (Å²) in [6.45, 7) is 4.35. The lowest BCUT2D eigenvalue weighted by Crippen LogP contribution is -2.28. The molecular weight excluding hydrogens is 330 g/mol. The molecule has 0 aliphatic rings. The second-order valence-corrected chi connectivity index (χ2v) is 7.31. The summed E-state index contributed by atoms with van der Waals surface area (Å²) in [6, 6.07) is 0. The molecule has 0 bridgehead atoms. The average Bonchev–Trinajstić information content (AvgIpc) is 2.28. The summed E-state index contributed by atoms with van der Waals surface area (Å²) >= 11 is 0. The molecule has 0 heterocycles. The molecule has 0 aromatic heterocycles. The first kappa shape index (κ1) is 18.2. The summed E-state index contributed by atoms with van der Waals surface area (Å²) in [5.41, 5.74) is -2.50. The van der Waals surface area contributed by atoms with Gasteiger partial charge in [-0.3, -0.25) is 5.32 Å². The molecule has 0 aliphatic heterocycles. The maximum absolute atomic E-state index is 13.7. The van der Waals surface area contributed by atoms with Gasteiger partial charge in [-0.15, -0.1) is 0 Å². The molecule has 0 aliphatic carbocycles. The Balaban J connectivity index is 3.39. The molecule has 1 aromatic rings. The van der Waals surface area contributed by atoms with Gasteiger partial charge in [0.2, 0.25) is 0 Å². The van der Waals surface area contributed by atoms with Crippen molar-refractivity contribution >= 4 is 21.6 Å². The molecule has 1 amide bonds. The minimum atomic E-state index is -4.56. The Morgan fingerprint density at radius 3 is 1.73 bits per heavy atom. The molecule has 1 rings (SSSR count). The van der Waals surface area contributed by atoms with E-state index in [0.29, 0.717) is 6.26 Å². The number of carbonyl (C=O) groups excluding carboxylic acids is 1. The van der Waals surface area contributed by atoms with Crippen molar-refractivity contribution in [2.24, 2.45) is 0 Å². The van der Waals surface area contributed by atoms with Crippen molar-refractivity contribution in [3.05, 3.63) is 23.3 Å². The topological polar surface area (TPSA) is 72.5 Å². The molecule has 1 N–H and O–H groups in total. The fourth-order valence-corrected chi connectivity index (χ4v) is 2.28. The van der Waals surface area contributed by atoms with Gasteiger partial charge in [0.1, 0.15) is 16.2 Å². The van der Waals surface area contributed by atoms with Crippen molar-refractivity contribution in [2.75, 3.05) is 11.6 Å². The number of rotatable bonds is 2. The van der Waals surface area contributed by atoms with Gasteiger partial charge < -0.3 is 4.74 Å². The molecule has 0 spiro atoms. The number of sulfone groups is 1. The predicted octanol–water partition coefficient (Wildman–Crippen LogP) is 2.99. The molecule has 0 atom stereocenters. The van der Waals surface area contributed by atoms with Gasteiger partial charge in [-0.05, 0) is 20.8 Å². The van der Waals surface area contributed by atoms with Crippen LogP contribution in [0.4, 0.5) is 28.0 Å². The van der Waals surface area contributed by atoms with Gasteiger partial charge in [-0.25, -0.2) is 30.8 Å². The largest absolute Gasteiger partial charge is 0.444 e. The van der Waals surface area contributed by atoms with Crippen molar-refractivity contribution < 1.29 is 35.5 Å². The number of ether oxygens (including phenoxy) is 1. The number of hydrogen-bond acceptors (Lipinski definition) is 4. The second kappa shape index (κ2) is 5.75. The van der Waals surface area contributed by atoms with Gasteiger partial charge in [0.05, 0.1) is 0 Å². The number of halogens is 4. The van der Waals surface area contributed by atoms with Gasteiger partial charge in [0.15, 0.2) is 33.1 Å². The molecule has 10 heteroatoms. The van der Waals surface area contributed by atoms with Gasteiger partial charge in [0, 0.05) is 6.26 Å². The minimum absolute atomic E-state index is 0.383. The van der Waals surface area contributed by atoms with E-state index in [4.69, 9.17) is 0 Å². The number of nitrogens with one attached hydrogen (secondary N) is 1. The van der Waals surface area contributed by atoms with Crippen LogP contribution in [-0.4, -0.2) is 26.4 Å². The molecule has 1 aromatic carbocycles. The monoisotopic (exact) mass is 343 g/mol. The zero-order chi connectivity index (χ0) is 17.5. The maximum Gasteiger partial charge on any atom is 0.412 e. The van der Waals surface area contributed by atoms with E-state index >= 15 is 0 Å². The van der Waals surface area contributed by atoms with E-state index in [-0.39, 0.29) is 0 Å². The molecule has 124 valence electrons. The summed E-state index contributed by atoms with van der Waals surface area (Å²) in [6.07, 6.45) is -0.981. The Bertz CT molecular complexity index is 697. The van der Waals surface area contributed by atoms with E-state index in [9.17, 15) is 30.8 Å². The van der Waals surface area contributed by atoms with Crippen LogP contribution in [0.25, 0.3) is 0 Å². The lowest BCUT2D eigenvalue weighted by atomic mass is 10.2. The third-order valence-electron chi connectivity index (χ3n) is 2.22. The van der Waals surface area contributed by atoms with Gasteiger partial charge in [-0.2, -0.15) is 0 Å². The van der Waals surface area contributed by atoms with E-state index in [1.54, 1.807) is 0 Å². The second-order valence-electron chi connectivity index (χ2n) is 5.36. The van der Waals surface area contributed by atoms with Crippen LogP contribution in [-0.2, 0) is 14.6 Å². The molecule has 0 saturated heterocycles. The third kappa shape index (κ3) is 3.87. The molecule has 5 nitrogen and oxygen atoms in total. The van der Waals surface area contributed by atoms with Gasteiger partial charge in [-0.1, -0.05) is 0 Å². The van der Waals surface area contributed by atoms with Gasteiger partial charge >= 0.3 is 6.09 Å². The van der Waals surface area contributed by atoms with Crippen LogP contribution >= 0.6 is 0 Å². The minimum Gasteiger partial charge on any atom is -0.444 e. The Morgan fingerprint density at radius 2 is 1.41 bits per heavy atom. The van der Waals surface area contributed by atoms with Crippen LogP contribution < -0.4 is 5.32 Å². The zero-order valence-corrected chi connectivity index (χ0v) is 12.9. The van der Waals surface area contributed by atoms with Crippen LogP contribution in [0.5, 0.6) is 0 Å². The highest BCUT2D eigenvalue weighted by molar-refractivity contribution is 7.90. The van der Waals surface area contributed by atoms with E-state index in [2.05, 4.69) is 4.74 Å². The number of hydrogen-bond donors (Lipinski definition) is 1. The lowest BCUT2D eigenvalue weighted by molar-refractivity contribution is 0.0634. The zero-order valence-electron chi connectivity index (χ0n) is 12.1. The summed E-state index contributed by atoms with van der Waals surface area (Å²) in [5, 5.41) is 1.51. The fourth-order valence-electron chi connectivity index (χ4n) is 1.45. The highest BCUT2D eigenvalue weighted by Gasteiger charge is 2.32. The molecular formula is C12H13F4NO4S. The summed E-state index contributed by atoms with van der Waals surface area (Å²) in [7, 11) is -4.56. The van der Waals surface area contributed by atoms with Gasteiger partial charge in [0.25, 0.3) is 0 Å². The van der Waals surface area contributed by atoms with E-state index in [1.807, 2.05) is 0 Å². The van der Waals surface area contributed by atoms with Crippen molar-refractivity contribution in [1.29, 1.82) is 0 Å². The fraction of sp³-hybridized carbons (Fsp3) is 0.417. The smallest absolute Gasteiger partial charge is 0.412 e. The predicted molar refractivity (Wildman–Crippen MR) is 69.2 cm³/mol. The lowest BCUT2D eigenvalue weighted by Gasteiger charge is -2.20. The normalized spacial score (nSPS) is 12.2. The van der Waals surface area contributed by atoms with E-state index in [0.717, 1.165) is 0 Å². The summed E-state index contributed by atoms with van der Waals surface area (Å²) in [5.74, 6) is -8.37. The van der Waals surface area contributed by atoms with E-state index < -0.39 is 55.4 Å². The summed E-state index contributed by atoms with van der Waals surface area (Å²) in [4.78, 5) is 9.65. The number of benzene rings is 1. The number of amides is 1. The maximum atomic E-state index is 13.7.